The monoisotopic (exact) mass is 459 g/mol. The van der Waals surface area contributed by atoms with Crippen molar-refractivity contribution in [1.82, 2.24) is 0 Å². The van der Waals surface area contributed by atoms with Crippen LogP contribution in [0.4, 0.5) is 11.4 Å². The van der Waals surface area contributed by atoms with E-state index in [2.05, 4.69) is 52.3 Å². The molecule has 5 heteroatoms. The topological polar surface area (TPSA) is 27.9 Å². The fourth-order valence-electron chi connectivity index (χ4n) is 2.62. The molecule has 0 amide bonds. The number of aryl methyl sites for hydroxylation is 1. The zero-order chi connectivity index (χ0) is 16.9. The maximum atomic E-state index is 5.48. The van der Waals surface area contributed by atoms with Crippen molar-refractivity contribution in [2.24, 2.45) is 0 Å². The second-order valence-corrected chi connectivity index (χ2v) is 5.89. The SMILES string of the molecule is C#CC[n+]1c(C)ccc2cc(NC(=S)Nc3ccccc3)ccc21.[I-]. The molecule has 0 radical (unpaired) electrons. The fourth-order valence-corrected chi connectivity index (χ4v) is 2.85. The summed E-state index contributed by atoms with van der Waals surface area (Å²) in [6.07, 6.45) is 5.48. The van der Waals surface area contributed by atoms with Crippen LogP contribution in [-0.4, -0.2) is 5.11 Å². The summed E-state index contributed by atoms with van der Waals surface area (Å²) in [5.74, 6) is 2.71. The minimum absolute atomic E-state index is 0. The third-order valence-corrected chi connectivity index (χ3v) is 3.99. The molecular weight excluding hydrogens is 441 g/mol. The first-order valence-corrected chi connectivity index (χ1v) is 8.08. The molecule has 2 N–H and O–H groups in total. The van der Waals surface area contributed by atoms with Crippen LogP contribution >= 0.6 is 12.2 Å². The van der Waals surface area contributed by atoms with E-state index in [4.69, 9.17) is 18.6 Å². The first-order chi connectivity index (χ1) is 11.7. The van der Waals surface area contributed by atoms with Gasteiger partial charge in [0.2, 0.25) is 12.1 Å². The summed E-state index contributed by atoms with van der Waals surface area (Å²) >= 11 is 5.37. The summed E-state index contributed by atoms with van der Waals surface area (Å²) in [6.45, 7) is 2.62. The van der Waals surface area contributed by atoms with Crippen LogP contribution in [0.5, 0.6) is 0 Å². The van der Waals surface area contributed by atoms with Gasteiger partial charge in [-0.25, -0.2) is 0 Å². The highest BCUT2D eigenvalue weighted by molar-refractivity contribution is 7.80. The van der Waals surface area contributed by atoms with E-state index in [1.807, 2.05) is 36.4 Å². The molecule has 3 aromatic rings. The van der Waals surface area contributed by atoms with Gasteiger partial charge in [0.1, 0.15) is 0 Å². The maximum absolute atomic E-state index is 5.48. The van der Waals surface area contributed by atoms with E-state index in [1.165, 1.54) is 0 Å². The third kappa shape index (κ3) is 4.68. The van der Waals surface area contributed by atoms with Crippen LogP contribution in [0.1, 0.15) is 5.69 Å². The van der Waals surface area contributed by atoms with Gasteiger partial charge in [-0.2, -0.15) is 4.57 Å². The number of hydrogen-bond donors (Lipinski definition) is 2. The summed E-state index contributed by atoms with van der Waals surface area (Å²) in [7, 11) is 0. The average Bonchev–Trinajstić information content (AvgIpc) is 2.58. The highest BCUT2D eigenvalue weighted by Gasteiger charge is 2.12. The molecule has 0 fully saturated rings. The molecule has 2 aromatic carbocycles. The number of benzene rings is 2. The molecule has 0 aliphatic heterocycles. The van der Waals surface area contributed by atoms with Gasteiger partial charge in [0.25, 0.3) is 0 Å². The summed E-state index contributed by atoms with van der Waals surface area (Å²) in [4.78, 5) is 0. The van der Waals surface area contributed by atoms with Crippen LogP contribution < -0.4 is 39.2 Å². The lowest BCUT2D eigenvalue weighted by Gasteiger charge is -2.11. The zero-order valence-corrected chi connectivity index (χ0v) is 16.8. The first kappa shape index (κ1) is 19.2. The van der Waals surface area contributed by atoms with Crippen LogP contribution in [0.2, 0.25) is 0 Å². The van der Waals surface area contributed by atoms with E-state index < -0.39 is 0 Å². The van der Waals surface area contributed by atoms with Crippen molar-refractivity contribution >= 4 is 39.6 Å². The van der Waals surface area contributed by atoms with Gasteiger partial charge in [-0.15, -0.1) is 6.42 Å². The maximum Gasteiger partial charge on any atom is 0.213 e. The molecule has 0 saturated carbocycles. The Kier molecular flexibility index (Phi) is 6.73. The van der Waals surface area contributed by atoms with Gasteiger partial charge in [0, 0.05) is 35.8 Å². The van der Waals surface area contributed by atoms with Crippen molar-refractivity contribution in [1.29, 1.82) is 0 Å². The number of rotatable bonds is 3. The van der Waals surface area contributed by atoms with Gasteiger partial charge < -0.3 is 34.6 Å². The van der Waals surface area contributed by atoms with Crippen molar-refractivity contribution in [2.45, 2.75) is 13.5 Å². The zero-order valence-electron chi connectivity index (χ0n) is 13.8. The van der Waals surface area contributed by atoms with E-state index in [9.17, 15) is 0 Å². The van der Waals surface area contributed by atoms with Crippen molar-refractivity contribution in [3.63, 3.8) is 0 Å². The predicted molar refractivity (Wildman–Crippen MR) is 104 cm³/mol. The highest BCUT2D eigenvalue weighted by atomic mass is 127. The minimum Gasteiger partial charge on any atom is -1.00 e. The summed E-state index contributed by atoms with van der Waals surface area (Å²) in [5, 5.41) is 8.06. The number of thiocarbonyl (C=S) groups is 1. The normalized spacial score (nSPS) is 9.76. The van der Waals surface area contributed by atoms with E-state index >= 15 is 0 Å². The Morgan fingerprint density at radius 2 is 1.76 bits per heavy atom. The number of nitrogens with one attached hydrogen (secondary N) is 2. The highest BCUT2D eigenvalue weighted by Crippen LogP contribution is 2.18. The number of nitrogens with zero attached hydrogens (tertiary/aromatic N) is 1. The Morgan fingerprint density at radius 1 is 1.04 bits per heavy atom. The molecule has 3 nitrogen and oxygen atoms in total. The third-order valence-electron chi connectivity index (χ3n) is 3.79. The molecule has 0 aliphatic carbocycles. The van der Waals surface area contributed by atoms with E-state index in [-0.39, 0.29) is 24.0 Å². The van der Waals surface area contributed by atoms with Gasteiger partial charge >= 0.3 is 0 Å². The van der Waals surface area contributed by atoms with E-state index in [0.29, 0.717) is 11.7 Å². The Morgan fingerprint density at radius 3 is 2.48 bits per heavy atom. The Hall–Kier alpha value is -2.17. The quantitative estimate of drug-likeness (QED) is 0.264. The molecule has 1 heterocycles. The van der Waals surface area contributed by atoms with Crippen LogP contribution in [0.15, 0.2) is 60.7 Å². The Balaban J connectivity index is 0.00000225. The molecule has 3 rings (SSSR count). The van der Waals surface area contributed by atoms with Crippen molar-refractivity contribution in [3.05, 3.63) is 66.4 Å². The van der Waals surface area contributed by atoms with Gasteiger partial charge in [-0.05, 0) is 48.5 Å². The Labute approximate surface area is 170 Å². The number of pyridine rings is 1. The molecular formula is C20H18IN3S. The number of terminal acetylenes is 1. The molecule has 0 saturated heterocycles. The van der Waals surface area contributed by atoms with Crippen LogP contribution in [0.3, 0.4) is 0 Å². The lowest BCUT2D eigenvalue weighted by molar-refractivity contribution is -0.664. The molecule has 0 atom stereocenters. The van der Waals surface area contributed by atoms with E-state index in [1.54, 1.807) is 0 Å². The standard InChI is InChI=1S/C20H17N3S.HI/c1-3-13-23-15(2)9-10-16-14-18(11-12-19(16)23)22-20(24)21-17-7-5-4-6-8-17;/h1,4-12,14H,13H2,2H3,(H-,21,22,24);1H. The average molecular weight is 459 g/mol. The lowest BCUT2D eigenvalue weighted by atomic mass is 10.1. The molecule has 126 valence electrons. The number of aromatic nitrogens is 1. The van der Waals surface area contributed by atoms with Gasteiger partial charge in [0.15, 0.2) is 10.8 Å². The number of para-hydroxylation sites is 1. The van der Waals surface area contributed by atoms with E-state index in [0.717, 1.165) is 28.0 Å². The van der Waals surface area contributed by atoms with Crippen LogP contribution in [0.25, 0.3) is 10.9 Å². The molecule has 0 spiro atoms. The van der Waals surface area contributed by atoms with Crippen LogP contribution in [0, 0.1) is 19.3 Å². The number of anilines is 2. The molecule has 25 heavy (non-hydrogen) atoms. The van der Waals surface area contributed by atoms with Gasteiger partial charge in [-0.3, -0.25) is 0 Å². The molecule has 1 aromatic heterocycles. The first-order valence-electron chi connectivity index (χ1n) is 7.67. The fraction of sp³-hybridized carbons (Fsp3) is 0.100. The minimum atomic E-state index is 0. The van der Waals surface area contributed by atoms with Crippen molar-refractivity contribution < 1.29 is 28.5 Å². The second-order valence-electron chi connectivity index (χ2n) is 5.48. The number of fused-ring (bicyclic) bond motifs is 1. The van der Waals surface area contributed by atoms with Gasteiger partial charge in [-0.1, -0.05) is 18.2 Å². The number of hydrogen-bond acceptors (Lipinski definition) is 1. The Bertz CT molecular complexity index is 933. The van der Waals surface area contributed by atoms with Crippen LogP contribution in [-0.2, 0) is 6.54 Å². The smallest absolute Gasteiger partial charge is 0.213 e. The van der Waals surface area contributed by atoms with Crippen molar-refractivity contribution in [2.75, 3.05) is 10.6 Å². The summed E-state index contributed by atoms with van der Waals surface area (Å²) in [6, 6.07) is 20.2. The molecule has 0 aliphatic rings. The lowest BCUT2D eigenvalue weighted by Crippen LogP contribution is -3.00. The van der Waals surface area contributed by atoms with Gasteiger partial charge in [0.05, 0.1) is 0 Å². The molecule has 0 unspecified atom stereocenters. The van der Waals surface area contributed by atoms with Crippen molar-refractivity contribution in [3.8, 4) is 12.3 Å². The number of halogens is 1. The summed E-state index contributed by atoms with van der Waals surface area (Å²) in [5.41, 5.74) is 4.15. The largest absolute Gasteiger partial charge is 1.00 e. The summed E-state index contributed by atoms with van der Waals surface area (Å²) < 4.78 is 2.12. The second kappa shape index (κ2) is 8.79. The molecule has 0 bridgehead atoms. The predicted octanol–water partition coefficient (Wildman–Crippen LogP) is 0.882.